The van der Waals surface area contributed by atoms with Gasteiger partial charge in [-0.25, -0.2) is 0 Å². The van der Waals surface area contributed by atoms with Crippen molar-refractivity contribution in [2.45, 2.75) is 19.8 Å². The van der Waals surface area contributed by atoms with Crippen molar-refractivity contribution in [3.63, 3.8) is 0 Å². The van der Waals surface area contributed by atoms with Crippen LogP contribution in [0.4, 0.5) is 0 Å². The summed E-state index contributed by atoms with van der Waals surface area (Å²) >= 11 is 0. The summed E-state index contributed by atoms with van der Waals surface area (Å²) in [5.74, 6) is 0.818. The summed E-state index contributed by atoms with van der Waals surface area (Å²) in [6.45, 7) is 9.87. The molecule has 0 aromatic carbocycles. The molecule has 0 unspecified atom stereocenters. The standard InChI is InChI=1S/C10H19NO/c1-9(2)7-11-8-10-3-5-12-6-4-10/h10-11H,1,3-8H2,2H3. The van der Waals surface area contributed by atoms with Crippen LogP contribution in [0.15, 0.2) is 12.2 Å². The van der Waals surface area contributed by atoms with E-state index in [1.165, 1.54) is 18.4 Å². The Kier molecular flexibility index (Phi) is 4.33. The van der Waals surface area contributed by atoms with Crippen LogP contribution in [0.5, 0.6) is 0 Å². The molecule has 0 amide bonds. The van der Waals surface area contributed by atoms with E-state index in [1.54, 1.807) is 0 Å². The molecule has 1 rings (SSSR count). The molecule has 0 aromatic heterocycles. The first-order chi connectivity index (χ1) is 5.79. The molecule has 0 saturated carbocycles. The van der Waals surface area contributed by atoms with Gasteiger partial charge >= 0.3 is 0 Å². The van der Waals surface area contributed by atoms with Gasteiger partial charge < -0.3 is 10.1 Å². The number of rotatable bonds is 4. The maximum atomic E-state index is 5.28. The van der Waals surface area contributed by atoms with Crippen LogP contribution in [0, 0.1) is 5.92 Å². The SMILES string of the molecule is C=C(C)CNCC1CCOCC1. The average Bonchev–Trinajstić information content (AvgIpc) is 2.05. The maximum absolute atomic E-state index is 5.28. The van der Waals surface area contributed by atoms with Crippen molar-refractivity contribution < 1.29 is 4.74 Å². The van der Waals surface area contributed by atoms with E-state index in [-0.39, 0.29) is 0 Å². The maximum Gasteiger partial charge on any atom is 0.0469 e. The molecule has 1 aliphatic rings. The van der Waals surface area contributed by atoms with Gasteiger partial charge in [-0.05, 0) is 32.2 Å². The minimum Gasteiger partial charge on any atom is -0.381 e. The Bertz CT molecular complexity index is 139. The van der Waals surface area contributed by atoms with Gasteiger partial charge in [-0.3, -0.25) is 0 Å². The molecule has 12 heavy (non-hydrogen) atoms. The van der Waals surface area contributed by atoms with Crippen molar-refractivity contribution in [3.8, 4) is 0 Å². The summed E-state index contributed by atoms with van der Waals surface area (Å²) in [4.78, 5) is 0. The quantitative estimate of drug-likeness (QED) is 0.645. The van der Waals surface area contributed by atoms with E-state index in [2.05, 4.69) is 18.8 Å². The van der Waals surface area contributed by atoms with Gasteiger partial charge in [0.1, 0.15) is 0 Å². The van der Waals surface area contributed by atoms with Crippen LogP contribution in [-0.2, 0) is 4.74 Å². The number of hydrogen-bond donors (Lipinski definition) is 1. The van der Waals surface area contributed by atoms with Gasteiger partial charge in [0.2, 0.25) is 0 Å². The highest BCUT2D eigenvalue weighted by Crippen LogP contribution is 2.12. The molecule has 2 heteroatoms. The van der Waals surface area contributed by atoms with E-state index in [0.29, 0.717) is 0 Å². The zero-order valence-electron chi connectivity index (χ0n) is 7.94. The zero-order valence-corrected chi connectivity index (χ0v) is 7.94. The Labute approximate surface area is 75.0 Å². The van der Waals surface area contributed by atoms with E-state index in [4.69, 9.17) is 4.74 Å². The predicted octanol–water partition coefficient (Wildman–Crippen LogP) is 1.58. The number of nitrogens with one attached hydrogen (secondary N) is 1. The molecule has 0 radical (unpaired) electrons. The summed E-state index contributed by atoms with van der Waals surface area (Å²) < 4.78 is 5.28. The molecule has 70 valence electrons. The first kappa shape index (κ1) is 9.75. The first-order valence-electron chi connectivity index (χ1n) is 4.72. The van der Waals surface area contributed by atoms with Gasteiger partial charge in [0.15, 0.2) is 0 Å². The van der Waals surface area contributed by atoms with Gasteiger partial charge in [0.05, 0.1) is 0 Å². The number of ether oxygens (including phenoxy) is 1. The second kappa shape index (κ2) is 5.33. The fourth-order valence-electron chi connectivity index (χ4n) is 1.44. The van der Waals surface area contributed by atoms with Crippen molar-refractivity contribution in [1.82, 2.24) is 5.32 Å². The lowest BCUT2D eigenvalue weighted by Gasteiger charge is -2.22. The normalized spacial score (nSPS) is 19.4. The third kappa shape index (κ3) is 3.88. The van der Waals surface area contributed by atoms with E-state index in [1.807, 2.05) is 0 Å². The molecular formula is C10H19NO. The summed E-state index contributed by atoms with van der Waals surface area (Å²) in [5, 5.41) is 3.40. The molecule has 0 atom stereocenters. The van der Waals surface area contributed by atoms with Gasteiger partial charge in [0, 0.05) is 19.8 Å². The third-order valence-electron chi connectivity index (χ3n) is 2.20. The van der Waals surface area contributed by atoms with E-state index < -0.39 is 0 Å². The lowest BCUT2D eigenvalue weighted by Crippen LogP contribution is -2.28. The Hall–Kier alpha value is -0.340. The fourth-order valence-corrected chi connectivity index (χ4v) is 1.44. The second-order valence-corrected chi connectivity index (χ2v) is 3.64. The van der Waals surface area contributed by atoms with E-state index >= 15 is 0 Å². The van der Waals surface area contributed by atoms with Crippen molar-refractivity contribution in [3.05, 3.63) is 12.2 Å². The Morgan fingerprint density at radius 1 is 1.50 bits per heavy atom. The highest BCUT2D eigenvalue weighted by atomic mass is 16.5. The lowest BCUT2D eigenvalue weighted by molar-refractivity contribution is 0.0666. The highest BCUT2D eigenvalue weighted by molar-refractivity contribution is 4.90. The summed E-state index contributed by atoms with van der Waals surface area (Å²) in [7, 11) is 0. The largest absolute Gasteiger partial charge is 0.381 e. The van der Waals surface area contributed by atoms with Crippen LogP contribution in [0.2, 0.25) is 0 Å². The van der Waals surface area contributed by atoms with Crippen LogP contribution in [0.3, 0.4) is 0 Å². The van der Waals surface area contributed by atoms with Crippen LogP contribution in [-0.4, -0.2) is 26.3 Å². The fraction of sp³-hybridized carbons (Fsp3) is 0.800. The van der Waals surface area contributed by atoms with Gasteiger partial charge in [-0.2, -0.15) is 0 Å². The van der Waals surface area contributed by atoms with Gasteiger partial charge in [-0.15, -0.1) is 0 Å². The van der Waals surface area contributed by atoms with Gasteiger partial charge in [0.25, 0.3) is 0 Å². The minimum atomic E-state index is 0.818. The van der Waals surface area contributed by atoms with Crippen LogP contribution < -0.4 is 5.32 Å². The first-order valence-corrected chi connectivity index (χ1v) is 4.72. The molecule has 1 fully saturated rings. The zero-order chi connectivity index (χ0) is 8.81. The molecule has 1 heterocycles. The highest BCUT2D eigenvalue weighted by Gasteiger charge is 2.12. The van der Waals surface area contributed by atoms with E-state index in [0.717, 1.165) is 32.2 Å². The van der Waals surface area contributed by atoms with Crippen LogP contribution in [0.1, 0.15) is 19.8 Å². The Morgan fingerprint density at radius 3 is 2.75 bits per heavy atom. The predicted molar refractivity (Wildman–Crippen MR) is 51.2 cm³/mol. The summed E-state index contributed by atoms with van der Waals surface area (Å²) in [5.41, 5.74) is 1.21. The lowest BCUT2D eigenvalue weighted by atomic mass is 10.0. The third-order valence-corrected chi connectivity index (χ3v) is 2.20. The molecule has 0 bridgehead atoms. The molecule has 0 aliphatic carbocycles. The Morgan fingerprint density at radius 2 is 2.17 bits per heavy atom. The number of hydrogen-bond acceptors (Lipinski definition) is 2. The summed E-state index contributed by atoms with van der Waals surface area (Å²) in [6, 6.07) is 0. The molecule has 1 saturated heterocycles. The monoisotopic (exact) mass is 169 g/mol. The molecule has 1 aliphatic heterocycles. The smallest absolute Gasteiger partial charge is 0.0469 e. The topological polar surface area (TPSA) is 21.3 Å². The minimum absolute atomic E-state index is 0.818. The van der Waals surface area contributed by atoms with E-state index in [9.17, 15) is 0 Å². The Balaban J connectivity index is 2.01. The summed E-state index contributed by atoms with van der Waals surface area (Å²) in [6.07, 6.45) is 2.42. The van der Waals surface area contributed by atoms with Crippen molar-refractivity contribution >= 4 is 0 Å². The second-order valence-electron chi connectivity index (χ2n) is 3.64. The van der Waals surface area contributed by atoms with Crippen molar-refractivity contribution in [2.24, 2.45) is 5.92 Å². The molecular weight excluding hydrogens is 150 g/mol. The molecule has 2 nitrogen and oxygen atoms in total. The van der Waals surface area contributed by atoms with Crippen LogP contribution >= 0.6 is 0 Å². The molecule has 1 N–H and O–H groups in total. The van der Waals surface area contributed by atoms with Crippen molar-refractivity contribution in [2.75, 3.05) is 26.3 Å². The van der Waals surface area contributed by atoms with Crippen LogP contribution in [0.25, 0.3) is 0 Å². The molecule has 0 aromatic rings. The molecule has 0 spiro atoms. The van der Waals surface area contributed by atoms with Gasteiger partial charge in [-0.1, -0.05) is 12.2 Å². The van der Waals surface area contributed by atoms with Crippen molar-refractivity contribution in [1.29, 1.82) is 0 Å². The average molecular weight is 169 g/mol.